The van der Waals surface area contributed by atoms with Gasteiger partial charge in [-0.3, -0.25) is 9.36 Å². The van der Waals surface area contributed by atoms with Crippen LogP contribution in [-0.4, -0.2) is 70.7 Å². The third kappa shape index (κ3) is 29.0. The highest BCUT2D eigenvalue weighted by Crippen LogP contribution is 2.49. The number of sulfone groups is 1. The lowest BCUT2D eigenvalue weighted by molar-refractivity contribution is -0.136. The zero-order chi connectivity index (χ0) is 61.1. The number of aliphatic carboxylic acids is 1. The monoisotopic (exact) mass is 1150 g/mol. The molecule has 446 valence electrons. The van der Waals surface area contributed by atoms with Crippen molar-refractivity contribution in [1.29, 1.82) is 0 Å². The van der Waals surface area contributed by atoms with Gasteiger partial charge in [0.1, 0.15) is 0 Å². The van der Waals surface area contributed by atoms with Gasteiger partial charge in [-0.1, -0.05) is 229 Å². The molecule has 0 saturated heterocycles. The number of hydrogen-bond acceptors (Lipinski definition) is 9. The first-order valence-corrected chi connectivity index (χ1v) is 32.4. The fourth-order valence-electron chi connectivity index (χ4n) is 8.13. The van der Waals surface area contributed by atoms with Crippen molar-refractivity contribution in [1.82, 2.24) is 4.90 Å². The lowest BCUT2D eigenvalue weighted by Gasteiger charge is -2.14. The summed E-state index contributed by atoms with van der Waals surface area (Å²) >= 11 is 0. The summed E-state index contributed by atoms with van der Waals surface area (Å²) < 4.78 is 43.7. The summed E-state index contributed by atoms with van der Waals surface area (Å²) in [5.41, 5.74) is 20.6. The molecule has 1 aliphatic carbocycles. The molecule has 0 bridgehead atoms. The van der Waals surface area contributed by atoms with Crippen molar-refractivity contribution in [2.24, 2.45) is 5.73 Å². The Bertz CT molecular complexity index is 2830. The van der Waals surface area contributed by atoms with E-state index in [0.717, 1.165) is 42.5 Å². The lowest BCUT2D eigenvalue weighted by atomic mass is 9.98. The maximum absolute atomic E-state index is 11.9. The molecule has 0 aliphatic heterocycles. The van der Waals surface area contributed by atoms with Crippen LogP contribution >= 0.6 is 7.60 Å². The van der Waals surface area contributed by atoms with Crippen molar-refractivity contribution in [2.45, 2.75) is 168 Å². The summed E-state index contributed by atoms with van der Waals surface area (Å²) in [6, 6.07) is 49.6. The standard InChI is InChI=1S/C12H17N.C12H19N.C12H19O3P.C11H16O2S.C11H14O2.C11H16O/c1-9(2)10-3-5-11(6-4-10)12(13)7-8-12;1-10(2)12-7-5-11(6-8-12)9-13(3)4;1-10(2)12-7-5-11(6-8-12)9-16(13,14-3)15-4;1-9(2)11-6-4-10(5-7-11)8-14(3,12)13;1-8(2)10-5-3-9(4-6-10)7-11(12)13;1-9(2)11-5-3-10(4-6-11)7-8-12/h3-6,9H,7-8,13H2,1-2H3;5-8,10H,9H2,1-4H3;5-8,10H,9H2,1-4H3;4-7,9H,8H2,1-3H3;3-6,8H,7H2,1-2H3,(H,12,13);3-6,9,12H,7-8H2,1-2H3. The number of nitrogens with zero attached hydrogens (tertiary/aromatic N) is 1. The van der Waals surface area contributed by atoms with Gasteiger partial charge >= 0.3 is 13.6 Å². The second-order valence-electron chi connectivity index (χ2n) is 23.4. The Labute approximate surface area is 490 Å². The van der Waals surface area contributed by atoms with E-state index >= 15 is 0 Å². The van der Waals surface area contributed by atoms with Crippen molar-refractivity contribution >= 4 is 23.4 Å². The minimum absolute atomic E-state index is 0.0233. The van der Waals surface area contributed by atoms with Crippen LogP contribution in [-0.2, 0) is 65.1 Å². The highest BCUT2D eigenvalue weighted by Gasteiger charge is 2.39. The Kier molecular flexibility index (Phi) is 31.7. The summed E-state index contributed by atoms with van der Waals surface area (Å²) in [5.74, 6) is 2.68. The van der Waals surface area contributed by atoms with E-state index in [-0.39, 0.29) is 24.3 Å². The van der Waals surface area contributed by atoms with Crippen LogP contribution in [0.1, 0.15) is 198 Å². The number of carbonyl (C=O) groups is 1. The zero-order valence-corrected chi connectivity index (χ0v) is 53.9. The van der Waals surface area contributed by atoms with Gasteiger partial charge in [0.15, 0.2) is 9.84 Å². The van der Waals surface area contributed by atoms with Crippen molar-refractivity contribution in [3.05, 3.63) is 212 Å². The molecule has 1 fully saturated rings. The summed E-state index contributed by atoms with van der Waals surface area (Å²) in [4.78, 5) is 12.6. The molecule has 12 heteroatoms. The third-order valence-corrected chi connectivity index (χ3v) is 16.5. The van der Waals surface area contributed by atoms with Gasteiger partial charge in [-0.25, -0.2) is 8.42 Å². The molecule has 0 heterocycles. The van der Waals surface area contributed by atoms with Gasteiger partial charge in [-0.15, -0.1) is 0 Å². The van der Waals surface area contributed by atoms with Crippen LogP contribution in [0, 0.1) is 0 Å². The number of nitrogens with two attached hydrogens (primary N) is 1. The van der Waals surface area contributed by atoms with E-state index in [2.05, 4.69) is 187 Å². The molecular weight excluding hydrogens is 1050 g/mol. The Balaban J connectivity index is 0.000000333. The highest BCUT2D eigenvalue weighted by molar-refractivity contribution is 7.89. The molecule has 10 nitrogen and oxygen atoms in total. The van der Waals surface area contributed by atoms with Gasteiger partial charge in [0.2, 0.25) is 0 Å². The van der Waals surface area contributed by atoms with E-state index in [1.807, 2.05) is 60.7 Å². The quantitative estimate of drug-likeness (QED) is 0.0667. The summed E-state index contributed by atoms with van der Waals surface area (Å²) in [6.07, 6.45) is 4.74. The van der Waals surface area contributed by atoms with Crippen molar-refractivity contribution in [2.75, 3.05) is 41.2 Å². The fraction of sp³-hybridized carbons (Fsp3) is 0.464. The van der Waals surface area contributed by atoms with E-state index in [4.69, 9.17) is 25.0 Å². The molecule has 1 saturated carbocycles. The number of carboxylic acids is 1. The van der Waals surface area contributed by atoms with E-state index in [0.29, 0.717) is 41.7 Å². The van der Waals surface area contributed by atoms with Crippen LogP contribution in [0.25, 0.3) is 0 Å². The Hall–Kier alpha value is -5.23. The molecule has 4 N–H and O–H groups in total. The highest BCUT2D eigenvalue weighted by atomic mass is 32.2. The van der Waals surface area contributed by atoms with E-state index < -0.39 is 23.4 Å². The Morgan fingerprint density at radius 1 is 0.531 bits per heavy atom. The smallest absolute Gasteiger partial charge is 0.334 e. The summed E-state index contributed by atoms with van der Waals surface area (Å²) in [5, 5.41) is 17.2. The van der Waals surface area contributed by atoms with Gasteiger partial charge in [0, 0.05) is 39.2 Å². The van der Waals surface area contributed by atoms with Crippen molar-refractivity contribution in [3.63, 3.8) is 0 Å². The van der Waals surface area contributed by atoms with Crippen molar-refractivity contribution < 1.29 is 37.0 Å². The number of aliphatic hydroxyl groups is 1. The molecule has 0 aromatic heterocycles. The third-order valence-electron chi connectivity index (χ3n) is 13.8. The SMILES string of the molecule is CC(C)c1ccc(C2(N)CC2)cc1.CC(C)c1ccc(CC(=O)O)cc1.CC(C)c1ccc(CCO)cc1.CC(C)c1ccc(CN(C)C)cc1.CC(C)c1ccc(CS(C)(=O)=O)cc1.COP(=O)(Cc1ccc(C(C)C)cc1)OC. The second kappa shape index (κ2) is 35.7. The number of rotatable bonds is 19. The molecule has 0 radical (unpaired) electrons. The minimum Gasteiger partial charge on any atom is -0.481 e. The maximum Gasteiger partial charge on any atom is 0.334 e. The van der Waals surface area contributed by atoms with E-state index in [1.165, 1.54) is 70.5 Å². The number of benzene rings is 6. The first kappa shape index (κ1) is 71.9. The number of aliphatic hydroxyl groups excluding tert-OH is 1. The summed E-state index contributed by atoms with van der Waals surface area (Å²) in [7, 11) is 1.15. The predicted molar refractivity (Wildman–Crippen MR) is 342 cm³/mol. The van der Waals surface area contributed by atoms with Gasteiger partial charge in [0.05, 0.1) is 18.3 Å². The molecule has 6 aromatic carbocycles. The molecule has 0 spiro atoms. The zero-order valence-electron chi connectivity index (χ0n) is 52.2. The van der Waals surface area contributed by atoms with E-state index in [1.54, 1.807) is 0 Å². The lowest BCUT2D eigenvalue weighted by Crippen LogP contribution is -2.18. The maximum atomic E-state index is 11.9. The fourth-order valence-corrected chi connectivity index (χ4v) is 9.99. The van der Waals surface area contributed by atoms with Gasteiger partial charge in [0.25, 0.3) is 0 Å². The molecule has 6 aromatic rings. The van der Waals surface area contributed by atoms with Gasteiger partial charge in [-0.05, 0) is 136 Å². The normalized spacial score (nSPS) is 12.6. The molecule has 0 unspecified atom stereocenters. The van der Waals surface area contributed by atoms with Crippen LogP contribution < -0.4 is 5.73 Å². The van der Waals surface area contributed by atoms with Crippen LogP contribution in [0.2, 0.25) is 0 Å². The Morgan fingerprint density at radius 2 is 0.827 bits per heavy atom. The molecule has 7 rings (SSSR count). The van der Waals surface area contributed by atoms with Crippen molar-refractivity contribution in [3.8, 4) is 0 Å². The van der Waals surface area contributed by atoms with Gasteiger partial charge < -0.3 is 29.9 Å². The first-order chi connectivity index (χ1) is 37.9. The topological polar surface area (TPSA) is 156 Å². The van der Waals surface area contributed by atoms with Crippen LogP contribution in [0.15, 0.2) is 146 Å². The molecule has 81 heavy (non-hydrogen) atoms. The molecule has 0 atom stereocenters. The molecule has 0 amide bonds. The largest absolute Gasteiger partial charge is 0.481 e. The van der Waals surface area contributed by atoms with E-state index in [9.17, 15) is 17.8 Å². The second-order valence-corrected chi connectivity index (χ2v) is 27.8. The number of hydrogen-bond donors (Lipinski definition) is 3. The predicted octanol–water partition coefficient (Wildman–Crippen LogP) is 16.6. The number of carboxylic acid groups (broad SMARTS) is 1. The molecule has 1 aliphatic rings. The Morgan fingerprint density at radius 3 is 1.10 bits per heavy atom. The van der Waals surface area contributed by atoms with Gasteiger partial charge in [-0.2, -0.15) is 0 Å². The first-order valence-electron chi connectivity index (χ1n) is 28.6. The minimum atomic E-state index is -2.94. The van der Waals surface area contributed by atoms with Crippen LogP contribution in [0.5, 0.6) is 0 Å². The van der Waals surface area contributed by atoms with Crippen LogP contribution in [0.4, 0.5) is 0 Å². The summed E-state index contributed by atoms with van der Waals surface area (Å²) in [6.45, 7) is 27.3. The van der Waals surface area contributed by atoms with Crippen LogP contribution in [0.3, 0.4) is 0 Å². The average molecular weight is 1150 g/mol. The average Bonchev–Trinajstić information content (AvgIpc) is 4.17. The molecular formula is C69H101N2O8PS.